The van der Waals surface area contributed by atoms with Gasteiger partial charge in [0.05, 0.1) is 22.7 Å². The van der Waals surface area contributed by atoms with Gasteiger partial charge in [-0.3, -0.25) is 0 Å². The van der Waals surface area contributed by atoms with Gasteiger partial charge in [-0.1, -0.05) is 23.2 Å². The minimum atomic E-state index is -0.755. The molecule has 0 N–H and O–H groups in total. The van der Waals surface area contributed by atoms with Crippen molar-refractivity contribution in [3.05, 3.63) is 33.6 Å². The Morgan fingerprint density at radius 3 is 2.62 bits per heavy atom. The molecule has 0 atom stereocenters. The lowest BCUT2D eigenvalue weighted by atomic mass is 10.2. The molecule has 0 amide bonds. The highest BCUT2D eigenvalue weighted by molar-refractivity contribution is 6.39. The van der Waals surface area contributed by atoms with Crippen LogP contribution >= 0.6 is 23.2 Å². The SMILES string of the molecule is COC(=O)c1c(Cl)ccc(F)c1Cl. The van der Waals surface area contributed by atoms with E-state index in [1.54, 1.807) is 0 Å². The molecule has 5 heteroatoms. The lowest BCUT2D eigenvalue weighted by Gasteiger charge is -2.04. The van der Waals surface area contributed by atoms with Gasteiger partial charge >= 0.3 is 5.97 Å². The van der Waals surface area contributed by atoms with Crippen LogP contribution in [0.5, 0.6) is 0 Å². The summed E-state index contributed by atoms with van der Waals surface area (Å²) in [4.78, 5) is 11.0. The smallest absolute Gasteiger partial charge is 0.341 e. The summed E-state index contributed by atoms with van der Waals surface area (Å²) in [6, 6.07) is 2.33. The van der Waals surface area contributed by atoms with Crippen LogP contribution in [0.2, 0.25) is 10.0 Å². The molecule has 0 saturated carbocycles. The van der Waals surface area contributed by atoms with Gasteiger partial charge in [0.15, 0.2) is 0 Å². The normalized spacial score (nSPS) is 9.85. The van der Waals surface area contributed by atoms with Crippen LogP contribution in [0.1, 0.15) is 10.4 Å². The van der Waals surface area contributed by atoms with Gasteiger partial charge in [-0.25, -0.2) is 9.18 Å². The van der Waals surface area contributed by atoms with Crippen molar-refractivity contribution in [1.29, 1.82) is 0 Å². The topological polar surface area (TPSA) is 26.3 Å². The standard InChI is InChI=1S/C8H5Cl2FO2/c1-13-8(12)6-4(9)2-3-5(11)7(6)10/h2-3H,1H3. The molecule has 0 aliphatic rings. The molecule has 0 aromatic heterocycles. The first kappa shape index (κ1) is 10.3. The Kier molecular flexibility index (Phi) is 3.12. The summed E-state index contributed by atoms with van der Waals surface area (Å²) in [5.41, 5.74) is -0.147. The molecule has 13 heavy (non-hydrogen) atoms. The summed E-state index contributed by atoms with van der Waals surface area (Å²) in [5.74, 6) is -1.46. The molecule has 0 bridgehead atoms. The summed E-state index contributed by atoms with van der Waals surface area (Å²) in [6.45, 7) is 0. The number of carbonyl (C=O) groups is 1. The van der Waals surface area contributed by atoms with E-state index in [-0.39, 0.29) is 15.6 Å². The zero-order valence-corrected chi connectivity index (χ0v) is 8.12. The largest absolute Gasteiger partial charge is 0.465 e. The number of ether oxygens (including phenoxy) is 1. The van der Waals surface area contributed by atoms with Gasteiger partial charge in [0.2, 0.25) is 0 Å². The Balaban J connectivity index is 3.33. The first-order chi connectivity index (χ1) is 6.07. The number of halogens is 3. The Labute approximate surface area is 84.2 Å². The summed E-state index contributed by atoms with van der Waals surface area (Å²) in [5, 5.41) is -0.252. The van der Waals surface area contributed by atoms with Gasteiger partial charge in [0.25, 0.3) is 0 Å². The molecule has 0 unspecified atom stereocenters. The third-order valence-corrected chi connectivity index (χ3v) is 2.12. The van der Waals surface area contributed by atoms with E-state index in [4.69, 9.17) is 23.2 Å². The number of hydrogen-bond acceptors (Lipinski definition) is 2. The predicted octanol–water partition coefficient (Wildman–Crippen LogP) is 2.92. The molecule has 1 rings (SSSR count). The van der Waals surface area contributed by atoms with Crippen molar-refractivity contribution in [3.63, 3.8) is 0 Å². The van der Waals surface area contributed by atoms with Crippen LogP contribution in [0, 0.1) is 5.82 Å². The minimum Gasteiger partial charge on any atom is -0.465 e. The molecule has 1 aromatic carbocycles. The number of esters is 1. The van der Waals surface area contributed by atoms with Crippen LogP contribution in [0.25, 0.3) is 0 Å². The molecule has 1 aromatic rings. The third-order valence-electron chi connectivity index (χ3n) is 1.43. The average Bonchev–Trinajstić information content (AvgIpc) is 2.12. The van der Waals surface area contributed by atoms with Crippen molar-refractivity contribution in [1.82, 2.24) is 0 Å². The number of methoxy groups -OCH3 is 1. The Hall–Kier alpha value is -0.800. The second-order valence-electron chi connectivity index (χ2n) is 2.21. The highest BCUT2D eigenvalue weighted by atomic mass is 35.5. The first-order valence-electron chi connectivity index (χ1n) is 3.29. The first-order valence-corrected chi connectivity index (χ1v) is 4.05. The number of hydrogen-bond donors (Lipinski definition) is 0. The lowest BCUT2D eigenvalue weighted by Crippen LogP contribution is -2.04. The Morgan fingerprint density at radius 2 is 2.08 bits per heavy atom. The van der Waals surface area contributed by atoms with Crippen molar-refractivity contribution < 1.29 is 13.9 Å². The second-order valence-corrected chi connectivity index (χ2v) is 2.99. The van der Waals surface area contributed by atoms with E-state index in [1.807, 2.05) is 0 Å². The molecule has 0 heterocycles. The Morgan fingerprint density at radius 1 is 1.46 bits per heavy atom. The molecule has 2 nitrogen and oxygen atoms in total. The van der Waals surface area contributed by atoms with Crippen molar-refractivity contribution in [3.8, 4) is 0 Å². The summed E-state index contributed by atoms with van der Waals surface area (Å²) < 4.78 is 17.2. The molecular formula is C8H5Cl2FO2. The van der Waals surface area contributed by atoms with Crippen molar-refractivity contribution in [2.24, 2.45) is 0 Å². The van der Waals surface area contributed by atoms with E-state index in [0.29, 0.717) is 0 Å². The lowest BCUT2D eigenvalue weighted by molar-refractivity contribution is 0.0600. The van der Waals surface area contributed by atoms with Crippen molar-refractivity contribution in [2.75, 3.05) is 7.11 Å². The monoisotopic (exact) mass is 222 g/mol. The van der Waals surface area contributed by atoms with Gasteiger partial charge in [0.1, 0.15) is 5.82 Å². The molecule has 0 aliphatic heterocycles. The van der Waals surface area contributed by atoms with Gasteiger partial charge < -0.3 is 4.74 Å². The molecule has 0 spiro atoms. The maximum atomic E-state index is 12.9. The fourth-order valence-electron chi connectivity index (χ4n) is 0.816. The van der Waals surface area contributed by atoms with Crippen LogP contribution < -0.4 is 0 Å². The van der Waals surface area contributed by atoms with E-state index in [2.05, 4.69) is 4.74 Å². The van der Waals surface area contributed by atoms with Crippen molar-refractivity contribution >= 4 is 29.2 Å². The maximum Gasteiger partial charge on any atom is 0.341 e. The highest BCUT2D eigenvalue weighted by Gasteiger charge is 2.18. The zero-order valence-electron chi connectivity index (χ0n) is 6.61. The second kappa shape index (κ2) is 3.94. The molecule has 70 valence electrons. The third kappa shape index (κ3) is 1.92. The van der Waals surface area contributed by atoms with Crippen molar-refractivity contribution in [2.45, 2.75) is 0 Å². The van der Waals surface area contributed by atoms with Crippen LogP contribution in [0.3, 0.4) is 0 Å². The van der Waals surface area contributed by atoms with Crippen LogP contribution in [-0.2, 0) is 4.74 Å². The predicted molar refractivity (Wildman–Crippen MR) is 47.8 cm³/mol. The summed E-state index contributed by atoms with van der Waals surface area (Å²) in [6.07, 6.45) is 0. The summed E-state index contributed by atoms with van der Waals surface area (Å²) in [7, 11) is 1.17. The quantitative estimate of drug-likeness (QED) is 0.540. The van der Waals surface area contributed by atoms with Gasteiger partial charge in [-0.15, -0.1) is 0 Å². The van der Waals surface area contributed by atoms with Gasteiger partial charge in [-0.2, -0.15) is 0 Å². The fraction of sp³-hybridized carbons (Fsp3) is 0.125. The molecule has 0 saturated heterocycles. The highest BCUT2D eigenvalue weighted by Crippen LogP contribution is 2.27. The number of rotatable bonds is 1. The van der Waals surface area contributed by atoms with Gasteiger partial charge in [-0.05, 0) is 12.1 Å². The molecule has 0 aliphatic carbocycles. The maximum absolute atomic E-state index is 12.9. The van der Waals surface area contributed by atoms with Crippen LogP contribution in [0.4, 0.5) is 4.39 Å². The van der Waals surface area contributed by atoms with E-state index >= 15 is 0 Å². The van der Waals surface area contributed by atoms with Gasteiger partial charge in [0, 0.05) is 0 Å². The average molecular weight is 223 g/mol. The number of carbonyl (C=O) groups excluding carboxylic acids is 1. The molecule has 0 fully saturated rings. The minimum absolute atomic E-state index is 0.0678. The van der Waals surface area contributed by atoms with E-state index in [0.717, 1.165) is 6.07 Å². The molecular weight excluding hydrogens is 218 g/mol. The van der Waals surface area contributed by atoms with E-state index in [9.17, 15) is 9.18 Å². The fourth-order valence-corrected chi connectivity index (χ4v) is 1.34. The van der Waals surface area contributed by atoms with Crippen LogP contribution in [-0.4, -0.2) is 13.1 Å². The Bertz CT molecular complexity index is 352. The number of benzene rings is 1. The summed E-state index contributed by atoms with van der Waals surface area (Å²) >= 11 is 11.1. The molecule has 0 radical (unpaired) electrons. The van der Waals surface area contributed by atoms with E-state index in [1.165, 1.54) is 13.2 Å². The van der Waals surface area contributed by atoms with E-state index < -0.39 is 11.8 Å². The van der Waals surface area contributed by atoms with Crippen LogP contribution in [0.15, 0.2) is 12.1 Å². The zero-order chi connectivity index (χ0) is 10.0.